The standard InChI is InChI=1S/C27H40F3N3O/c1-25(2,34)27(29,30)16-5-7-21-10-13-23-19(6-4-15-26(21,23)3)14-17-33(32)18-24(31)20-8-11-22(28)12-9-20/h8-9,11-12,14,18,21,23,34H,4-7,10,13,15-17,31-32H2,1-3H3/b19-14+,24-18-. The molecule has 4 nitrogen and oxygen atoms in total. The number of alkyl halides is 2. The summed E-state index contributed by atoms with van der Waals surface area (Å²) in [5.41, 5.74) is 6.83. The van der Waals surface area contributed by atoms with E-state index in [0.29, 0.717) is 36.1 Å². The molecule has 0 heterocycles. The van der Waals surface area contributed by atoms with Gasteiger partial charge in [-0.1, -0.05) is 18.6 Å². The second-order valence-corrected chi connectivity index (χ2v) is 10.9. The van der Waals surface area contributed by atoms with E-state index in [1.165, 1.54) is 31.6 Å². The Balaban J connectivity index is 1.60. The van der Waals surface area contributed by atoms with E-state index in [-0.39, 0.29) is 17.7 Å². The summed E-state index contributed by atoms with van der Waals surface area (Å²) in [6, 6.07) is 5.97. The minimum absolute atomic E-state index is 0.122. The summed E-state index contributed by atoms with van der Waals surface area (Å²) >= 11 is 0. The molecule has 2 saturated carbocycles. The Kier molecular flexibility index (Phi) is 8.08. The molecule has 0 bridgehead atoms. The molecule has 0 saturated heterocycles. The third-order valence-electron chi connectivity index (χ3n) is 8.15. The smallest absolute Gasteiger partial charge is 0.275 e. The predicted octanol–water partition coefficient (Wildman–Crippen LogP) is 5.98. The first-order chi connectivity index (χ1) is 15.8. The van der Waals surface area contributed by atoms with Crippen LogP contribution in [-0.4, -0.2) is 28.2 Å². The lowest BCUT2D eigenvalue weighted by molar-refractivity contribution is -0.166. The fourth-order valence-corrected chi connectivity index (χ4v) is 5.91. The summed E-state index contributed by atoms with van der Waals surface area (Å²) in [7, 11) is 0. The van der Waals surface area contributed by atoms with Crippen molar-refractivity contribution < 1.29 is 18.3 Å². The zero-order valence-corrected chi connectivity index (χ0v) is 20.7. The van der Waals surface area contributed by atoms with Crippen molar-refractivity contribution in [3.63, 3.8) is 0 Å². The fraction of sp³-hybridized carbons (Fsp3) is 0.630. The number of hydrogen-bond acceptors (Lipinski definition) is 4. The molecule has 0 radical (unpaired) electrons. The number of halogens is 3. The molecule has 3 unspecified atom stereocenters. The van der Waals surface area contributed by atoms with Gasteiger partial charge >= 0.3 is 0 Å². The number of hydrogen-bond donors (Lipinski definition) is 3. The van der Waals surface area contributed by atoms with E-state index in [2.05, 4.69) is 13.0 Å². The Morgan fingerprint density at radius 1 is 1.24 bits per heavy atom. The molecule has 3 atom stereocenters. The van der Waals surface area contributed by atoms with Gasteiger partial charge in [0.05, 0.1) is 12.2 Å². The van der Waals surface area contributed by atoms with Crippen molar-refractivity contribution in [2.45, 2.75) is 83.7 Å². The van der Waals surface area contributed by atoms with Crippen molar-refractivity contribution in [3.8, 4) is 0 Å². The Morgan fingerprint density at radius 3 is 2.56 bits per heavy atom. The van der Waals surface area contributed by atoms with Crippen LogP contribution in [0.2, 0.25) is 0 Å². The van der Waals surface area contributed by atoms with Gasteiger partial charge in [-0.05, 0) is 106 Å². The van der Waals surface area contributed by atoms with Crippen molar-refractivity contribution in [1.82, 2.24) is 5.01 Å². The quantitative estimate of drug-likeness (QED) is 0.231. The zero-order chi connectivity index (χ0) is 25.1. The second-order valence-electron chi connectivity index (χ2n) is 10.9. The van der Waals surface area contributed by atoms with Crippen LogP contribution in [0.1, 0.15) is 77.7 Å². The predicted molar refractivity (Wildman–Crippen MR) is 131 cm³/mol. The van der Waals surface area contributed by atoms with Crippen LogP contribution in [-0.2, 0) is 0 Å². The first kappa shape index (κ1) is 26.6. The monoisotopic (exact) mass is 479 g/mol. The molecule has 7 heteroatoms. The van der Waals surface area contributed by atoms with Gasteiger partial charge in [0.2, 0.25) is 0 Å². The van der Waals surface area contributed by atoms with Crippen molar-refractivity contribution in [1.29, 1.82) is 0 Å². The maximum atomic E-state index is 14.2. The summed E-state index contributed by atoms with van der Waals surface area (Å²) in [5, 5.41) is 11.3. The molecule has 5 N–H and O–H groups in total. The topological polar surface area (TPSA) is 75.5 Å². The van der Waals surface area contributed by atoms with Crippen molar-refractivity contribution in [2.24, 2.45) is 28.8 Å². The maximum Gasteiger partial charge on any atom is 0.275 e. The maximum absolute atomic E-state index is 14.2. The molecular weight excluding hydrogens is 439 g/mol. The van der Waals surface area contributed by atoms with Gasteiger partial charge in [0, 0.05) is 12.6 Å². The number of hydrazine groups is 1. The highest BCUT2D eigenvalue weighted by Crippen LogP contribution is 2.58. The van der Waals surface area contributed by atoms with Gasteiger partial charge < -0.3 is 15.8 Å². The zero-order valence-electron chi connectivity index (χ0n) is 20.7. The lowest BCUT2D eigenvalue weighted by atomic mass is 9.62. The molecule has 2 aliphatic rings. The van der Waals surface area contributed by atoms with E-state index in [0.717, 1.165) is 38.5 Å². The van der Waals surface area contributed by atoms with E-state index in [1.54, 1.807) is 23.3 Å². The molecule has 2 aliphatic carbocycles. The Morgan fingerprint density at radius 2 is 1.91 bits per heavy atom. The Labute approximate surface area is 201 Å². The van der Waals surface area contributed by atoms with Gasteiger partial charge in [0.25, 0.3) is 5.92 Å². The van der Waals surface area contributed by atoms with Gasteiger partial charge in [0.1, 0.15) is 11.4 Å². The third-order valence-corrected chi connectivity index (χ3v) is 8.15. The summed E-state index contributed by atoms with van der Waals surface area (Å²) in [6.07, 6.45) is 10.1. The van der Waals surface area contributed by atoms with Gasteiger partial charge in [-0.25, -0.2) is 19.0 Å². The number of fused-ring (bicyclic) bond motifs is 1. The Hall–Kier alpha value is -1.99. The number of allylic oxidation sites excluding steroid dienone is 1. The molecule has 34 heavy (non-hydrogen) atoms. The van der Waals surface area contributed by atoms with E-state index < -0.39 is 11.5 Å². The fourth-order valence-electron chi connectivity index (χ4n) is 5.91. The highest BCUT2D eigenvalue weighted by atomic mass is 19.3. The Bertz CT molecular complexity index is 891. The van der Waals surface area contributed by atoms with Crippen molar-refractivity contribution >= 4 is 5.70 Å². The van der Waals surface area contributed by atoms with Gasteiger partial charge in [-0.3, -0.25) is 0 Å². The van der Waals surface area contributed by atoms with Crippen molar-refractivity contribution in [2.75, 3.05) is 6.54 Å². The number of nitrogens with two attached hydrogens (primary N) is 2. The van der Waals surface area contributed by atoms with Crippen LogP contribution in [0, 0.1) is 23.1 Å². The lowest BCUT2D eigenvalue weighted by Crippen LogP contribution is -2.42. The van der Waals surface area contributed by atoms with E-state index in [9.17, 15) is 18.3 Å². The highest BCUT2D eigenvalue weighted by Gasteiger charge is 2.49. The number of rotatable bonds is 9. The number of aliphatic hydroxyl groups is 1. The van der Waals surface area contributed by atoms with E-state index >= 15 is 0 Å². The first-order valence-corrected chi connectivity index (χ1v) is 12.4. The largest absolute Gasteiger partial charge is 0.397 e. The molecule has 0 aliphatic heterocycles. The summed E-state index contributed by atoms with van der Waals surface area (Å²) in [5.74, 6) is 3.65. The van der Waals surface area contributed by atoms with Crippen LogP contribution < -0.4 is 11.6 Å². The molecular formula is C27H40F3N3O. The SMILES string of the molecule is CC12CCC/C(=C\CN(N)/C=C(\N)c3ccc(F)cc3)C1CCC2CCCC(F)(F)C(C)(C)O. The molecule has 2 fully saturated rings. The van der Waals surface area contributed by atoms with Gasteiger partial charge in [0.15, 0.2) is 0 Å². The van der Waals surface area contributed by atoms with Crippen LogP contribution in [0.15, 0.2) is 42.1 Å². The molecule has 0 aromatic heterocycles. The number of nitrogens with zero attached hydrogens (tertiary/aromatic N) is 1. The minimum atomic E-state index is -3.07. The molecule has 1 aromatic rings. The average molecular weight is 480 g/mol. The number of benzene rings is 1. The van der Waals surface area contributed by atoms with Crippen LogP contribution in [0.25, 0.3) is 5.70 Å². The highest BCUT2D eigenvalue weighted by molar-refractivity contribution is 5.61. The summed E-state index contributed by atoms with van der Waals surface area (Å²) < 4.78 is 41.5. The van der Waals surface area contributed by atoms with Crippen LogP contribution >= 0.6 is 0 Å². The second kappa shape index (κ2) is 10.3. The molecule has 0 spiro atoms. The van der Waals surface area contributed by atoms with E-state index in [4.69, 9.17) is 11.6 Å². The van der Waals surface area contributed by atoms with Crippen LogP contribution in [0.3, 0.4) is 0 Å². The van der Waals surface area contributed by atoms with E-state index in [1.807, 2.05) is 0 Å². The van der Waals surface area contributed by atoms with Crippen LogP contribution in [0.5, 0.6) is 0 Å². The summed E-state index contributed by atoms with van der Waals surface area (Å²) in [4.78, 5) is 0. The third kappa shape index (κ3) is 5.98. The summed E-state index contributed by atoms with van der Waals surface area (Å²) in [6.45, 7) is 5.21. The lowest BCUT2D eigenvalue weighted by Gasteiger charge is -2.43. The minimum Gasteiger partial charge on any atom is -0.397 e. The van der Waals surface area contributed by atoms with Crippen molar-refractivity contribution in [3.05, 3.63) is 53.5 Å². The molecule has 190 valence electrons. The first-order valence-electron chi connectivity index (χ1n) is 12.4. The van der Waals surface area contributed by atoms with Gasteiger partial charge in [-0.2, -0.15) is 0 Å². The normalized spacial score (nSPS) is 27.2. The molecule has 3 rings (SSSR count). The van der Waals surface area contributed by atoms with Gasteiger partial charge in [-0.15, -0.1) is 0 Å². The average Bonchev–Trinajstić information content (AvgIpc) is 3.08. The molecule has 1 aromatic carbocycles. The van der Waals surface area contributed by atoms with Crippen LogP contribution in [0.4, 0.5) is 13.2 Å². The molecule has 0 amide bonds.